The summed E-state index contributed by atoms with van der Waals surface area (Å²) in [6, 6.07) is 7.18. The Bertz CT molecular complexity index is 731. The van der Waals surface area contributed by atoms with E-state index in [1.165, 1.54) is 34.9 Å². The molecule has 0 bridgehead atoms. The number of benzene rings is 1. The van der Waals surface area contributed by atoms with Crippen molar-refractivity contribution in [1.82, 2.24) is 20.5 Å². The van der Waals surface area contributed by atoms with Crippen LogP contribution in [0.1, 0.15) is 24.0 Å². The Labute approximate surface area is 174 Å². The molecule has 6 heteroatoms. The first-order chi connectivity index (χ1) is 12.1. The number of halogens is 1. The predicted octanol–water partition coefficient (Wildman–Crippen LogP) is 3.14. The first kappa shape index (κ1) is 21.0. The van der Waals surface area contributed by atoms with Crippen LogP contribution in [0.5, 0.6) is 0 Å². The number of hydrogen-bond donors (Lipinski definition) is 3. The van der Waals surface area contributed by atoms with E-state index in [0.717, 1.165) is 31.4 Å². The van der Waals surface area contributed by atoms with Gasteiger partial charge in [-0.05, 0) is 63.4 Å². The molecule has 1 heterocycles. The van der Waals surface area contributed by atoms with E-state index < -0.39 is 0 Å². The Hall–Kier alpha value is -1.28. The van der Waals surface area contributed by atoms with E-state index in [9.17, 15) is 0 Å². The predicted molar refractivity (Wildman–Crippen MR) is 122 cm³/mol. The summed E-state index contributed by atoms with van der Waals surface area (Å²) in [7, 11) is 6.17. The normalized spacial score (nSPS) is 15.8. The Morgan fingerprint density at radius 3 is 2.73 bits per heavy atom. The molecule has 0 saturated heterocycles. The van der Waals surface area contributed by atoms with Gasteiger partial charge in [-0.15, -0.1) is 24.0 Å². The van der Waals surface area contributed by atoms with Crippen LogP contribution in [-0.2, 0) is 6.42 Å². The molecule has 144 valence electrons. The van der Waals surface area contributed by atoms with Gasteiger partial charge in [-0.1, -0.05) is 12.1 Å². The molecule has 1 saturated carbocycles. The number of H-pyrrole nitrogens is 1. The Morgan fingerprint density at radius 1 is 1.31 bits per heavy atom. The van der Waals surface area contributed by atoms with Crippen LogP contribution in [0.15, 0.2) is 29.4 Å². The van der Waals surface area contributed by atoms with Crippen LogP contribution < -0.4 is 10.6 Å². The molecule has 1 atom stereocenters. The highest BCUT2D eigenvalue weighted by Gasteiger charge is 2.32. The van der Waals surface area contributed by atoms with Crippen molar-refractivity contribution in [2.45, 2.75) is 32.2 Å². The van der Waals surface area contributed by atoms with Gasteiger partial charge in [-0.2, -0.15) is 0 Å². The molecule has 0 aliphatic heterocycles. The first-order valence-corrected chi connectivity index (χ1v) is 9.26. The van der Waals surface area contributed by atoms with E-state index in [1.807, 2.05) is 7.05 Å². The van der Waals surface area contributed by atoms with Gasteiger partial charge >= 0.3 is 0 Å². The molecule has 2 aromatic rings. The van der Waals surface area contributed by atoms with Crippen LogP contribution in [0.4, 0.5) is 0 Å². The SMILES string of the molecule is CN=C(NCCc1c[nH]c2cc(C)ccc12)NCC(C1CC1)N(C)C.I. The van der Waals surface area contributed by atoms with Gasteiger partial charge in [-0.3, -0.25) is 4.99 Å². The van der Waals surface area contributed by atoms with Crippen LogP contribution in [0.25, 0.3) is 10.9 Å². The molecule has 3 N–H and O–H groups in total. The number of nitrogens with one attached hydrogen (secondary N) is 3. The van der Waals surface area contributed by atoms with Gasteiger partial charge in [0.15, 0.2) is 5.96 Å². The van der Waals surface area contributed by atoms with Gasteiger partial charge in [0.05, 0.1) is 0 Å². The summed E-state index contributed by atoms with van der Waals surface area (Å²) in [5.74, 6) is 1.73. The Balaban J connectivity index is 0.00000243. The average Bonchev–Trinajstić information content (AvgIpc) is 3.34. The standard InChI is InChI=1S/C20H31N5.HI/c1-14-5-8-17-16(12-23-18(17)11-14)9-10-22-20(21-2)24-13-19(25(3)4)15-6-7-15;/h5,8,11-12,15,19,23H,6-7,9-10,13H2,1-4H3,(H2,21,22,24);1H. The maximum atomic E-state index is 4.36. The zero-order chi connectivity index (χ0) is 17.8. The molecule has 1 unspecified atom stereocenters. The molecular weight excluding hydrogens is 437 g/mol. The van der Waals surface area contributed by atoms with Crippen LogP contribution >= 0.6 is 24.0 Å². The zero-order valence-corrected chi connectivity index (χ0v) is 18.6. The molecule has 0 amide bonds. The van der Waals surface area contributed by atoms with Crippen molar-refractivity contribution >= 4 is 40.8 Å². The van der Waals surface area contributed by atoms with E-state index in [1.54, 1.807) is 0 Å². The fourth-order valence-electron chi connectivity index (χ4n) is 3.50. The number of likely N-dealkylation sites (N-methyl/N-ethyl adjacent to an activating group) is 1. The summed E-state index contributed by atoms with van der Waals surface area (Å²) in [6.45, 7) is 3.94. The summed E-state index contributed by atoms with van der Waals surface area (Å²) in [4.78, 5) is 10.1. The number of aromatic nitrogens is 1. The third-order valence-corrected chi connectivity index (χ3v) is 5.14. The summed E-state index contributed by atoms with van der Waals surface area (Å²) in [6.07, 6.45) is 5.81. The van der Waals surface area contributed by atoms with Crippen molar-refractivity contribution in [3.05, 3.63) is 35.5 Å². The molecule has 1 aromatic carbocycles. The van der Waals surface area contributed by atoms with Crippen molar-refractivity contribution in [1.29, 1.82) is 0 Å². The maximum Gasteiger partial charge on any atom is 0.191 e. The number of rotatable bonds is 7. The third-order valence-electron chi connectivity index (χ3n) is 5.14. The molecule has 1 fully saturated rings. The van der Waals surface area contributed by atoms with Gasteiger partial charge in [0, 0.05) is 43.3 Å². The minimum atomic E-state index is 0. The number of aromatic amines is 1. The van der Waals surface area contributed by atoms with Gasteiger partial charge in [-0.25, -0.2) is 0 Å². The lowest BCUT2D eigenvalue weighted by Gasteiger charge is -2.25. The Morgan fingerprint density at radius 2 is 2.08 bits per heavy atom. The van der Waals surface area contributed by atoms with Crippen molar-refractivity contribution in [2.24, 2.45) is 10.9 Å². The fraction of sp³-hybridized carbons (Fsp3) is 0.550. The molecule has 1 aliphatic rings. The summed E-state index contributed by atoms with van der Waals surface area (Å²) >= 11 is 0. The summed E-state index contributed by atoms with van der Waals surface area (Å²) in [5.41, 5.74) is 3.85. The highest BCUT2D eigenvalue weighted by Crippen LogP contribution is 2.34. The number of nitrogens with zero attached hydrogens (tertiary/aromatic N) is 2. The molecule has 26 heavy (non-hydrogen) atoms. The maximum absolute atomic E-state index is 4.36. The molecule has 1 aliphatic carbocycles. The number of guanidine groups is 1. The quantitative estimate of drug-likeness (QED) is 0.332. The number of hydrogen-bond acceptors (Lipinski definition) is 2. The van der Waals surface area contributed by atoms with E-state index in [4.69, 9.17) is 0 Å². The monoisotopic (exact) mass is 469 g/mol. The summed E-state index contributed by atoms with van der Waals surface area (Å²) < 4.78 is 0. The van der Waals surface area contributed by atoms with Crippen molar-refractivity contribution in [3.63, 3.8) is 0 Å². The Kier molecular flexibility index (Phi) is 7.76. The topological polar surface area (TPSA) is 55.5 Å². The lowest BCUT2D eigenvalue weighted by atomic mass is 10.1. The van der Waals surface area contributed by atoms with E-state index in [0.29, 0.717) is 6.04 Å². The van der Waals surface area contributed by atoms with Crippen LogP contribution in [0.2, 0.25) is 0 Å². The summed E-state index contributed by atoms with van der Waals surface area (Å²) in [5, 5.41) is 8.25. The fourth-order valence-corrected chi connectivity index (χ4v) is 3.50. The van der Waals surface area contributed by atoms with Gasteiger partial charge in [0.2, 0.25) is 0 Å². The smallest absolute Gasteiger partial charge is 0.191 e. The second kappa shape index (κ2) is 9.60. The lowest BCUT2D eigenvalue weighted by molar-refractivity contribution is 0.264. The largest absolute Gasteiger partial charge is 0.361 e. The van der Waals surface area contributed by atoms with Crippen LogP contribution in [-0.4, -0.2) is 56.1 Å². The second-order valence-electron chi connectivity index (χ2n) is 7.36. The molecule has 1 aromatic heterocycles. The molecule has 0 radical (unpaired) electrons. The molecule has 0 spiro atoms. The average molecular weight is 469 g/mol. The van der Waals surface area contributed by atoms with E-state index in [2.05, 4.69) is 70.9 Å². The van der Waals surface area contributed by atoms with E-state index >= 15 is 0 Å². The highest BCUT2D eigenvalue weighted by molar-refractivity contribution is 14.0. The second-order valence-corrected chi connectivity index (χ2v) is 7.36. The third kappa shape index (κ3) is 5.36. The van der Waals surface area contributed by atoms with Gasteiger partial charge < -0.3 is 20.5 Å². The van der Waals surface area contributed by atoms with Crippen LogP contribution in [0.3, 0.4) is 0 Å². The van der Waals surface area contributed by atoms with Crippen molar-refractivity contribution < 1.29 is 0 Å². The van der Waals surface area contributed by atoms with E-state index in [-0.39, 0.29) is 24.0 Å². The van der Waals surface area contributed by atoms with Gasteiger partial charge in [0.25, 0.3) is 0 Å². The minimum absolute atomic E-state index is 0. The molecular formula is C20H32IN5. The minimum Gasteiger partial charge on any atom is -0.361 e. The van der Waals surface area contributed by atoms with Gasteiger partial charge in [0.1, 0.15) is 0 Å². The number of aliphatic imine (C=N–C) groups is 1. The molecule has 5 nitrogen and oxygen atoms in total. The lowest BCUT2D eigenvalue weighted by Crippen LogP contribution is -2.46. The number of fused-ring (bicyclic) bond motifs is 1. The van der Waals surface area contributed by atoms with Crippen molar-refractivity contribution in [2.75, 3.05) is 34.2 Å². The molecule has 3 rings (SSSR count). The first-order valence-electron chi connectivity index (χ1n) is 9.26. The van der Waals surface area contributed by atoms with Crippen LogP contribution in [0, 0.1) is 12.8 Å². The van der Waals surface area contributed by atoms with Crippen molar-refractivity contribution in [3.8, 4) is 0 Å². The number of aryl methyl sites for hydroxylation is 1. The zero-order valence-electron chi connectivity index (χ0n) is 16.3. The highest BCUT2D eigenvalue weighted by atomic mass is 127.